The highest BCUT2D eigenvalue weighted by atomic mass is 35.5. The van der Waals surface area contributed by atoms with Crippen LogP contribution in [-0.4, -0.2) is 26.9 Å². The maximum atomic E-state index is 5.87. The molecule has 2 rings (SSSR count). The summed E-state index contributed by atoms with van der Waals surface area (Å²) in [6.45, 7) is 4.51. The molecule has 0 bridgehead atoms. The summed E-state index contributed by atoms with van der Waals surface area (Å²) in [6, 6.07) is 0. The molecule has 0 amide bonds. The van der Waals surface area contributed by atoms with E-state index in [1.165, 1.54) is 6.33 Å². The molecule has 0 aliphatic rings. The Bertz CT molecular complexity index is 500. The summed E-state index contributed by atoms with van der Waals surface area (Å²) < 4.78 is 4.89. The van der Waals surface area contributed by atoms with Gasteiger partial charge in [0, 0.05) is 13.0 Å². The van der Waals surface area contributed by atoms with Crippen LogP contribution in [0.1, 0.15) is 17.0 Å². The minimum Gasteiger partial charge on any atom is -0.368 e. The van der Waals surface area contributed by atoms with Crippen LogP contribution in [-0.2, 0) is 6.42 Å². The van der Waals surface area contributed by atoms with Crippen molar-refractivity contribution in [3.05, 3.63) is 28.5 Å². The summed E-state index contributed by atoms with van der Waals surface area (Å²) in [5.41, 5.74) is 1.93. The van der Waals surface area contributed by atoms with Crippen molar-refractivity contribution in [2.24, 2.45) is 0 Å². The minimum absolute atomic E-state index is 0.435. The Morgan fingerprint density at radius 1 is 1.29 bits per heavy atom. The second-order valence-electron chi connectivity index (χ2n) is 3.60. The second-order valence-corrected chi connectivity index (χ2v) is 3.96. The molecule has 0 unspecified atom stereocenters. The molecule has 0 aliphatic heterocycles. The third-order valence-corrected chi connectivity index (χ3v) is 2.86. The Balaban J connectivity index is 1.97. The van der Waals surface area contributed by atoms with Crippen molar-refractivity contribution < 1.29 is 4.52 Å². The predicted molar refractivity (Wildman–Crippen MR) is 63.0 cm³/mol. The summed E-state index contributed by atoms with van der Waals surface area (Å²) in [5.74, 6) is 1.32. The molecule has 2 aromatic heterocycles. The van der Waals surface area contributed by atoms with E-state index < -0.39 is 0 Å². The fourth-order valence-electron chi connectivity index (χ4n) is 1.34. The van der Waals surface area contributed by atoms with Gasteiger partial charge in [0.1, 0.15) is 0 Å². The highest BCUT2D eigenvalue weighted by Crippen LogP contribution is 2.20. The van der Waals surface area contributed by atoms with Gasteiger partial charge in [0.05, 0.1) is 0 Å². The Hall–Kier alpha value is -1.69. The number of nitrogens with zero attached hydrogens (tertiary/aromatic N) is 4. The lowest BCUT2D eigenvalue weighted by Gasteiger charge is -2.09. The zero-order valence-electron chi connectivity index (χ0n) is 9.57. The van der Waals surface area contributed by atoms with Crippen molar-refractivity contribution >= 4 is 17.4 Å². The molecule has 7 heteroatoms. The predicted octanol–water partition coefficient (Wildman–Crippen LogP) is 1.78. The Morgan fingerprint density at radius 2 is 2.12 bits per heavy atom. The lowest BCUT2D eigenvalue weighted by molar-refractivity contribution is 0.379. The first kappa shape index (κ1) is 11.8. The number of aromatic nitrogens is 4. The first-order chi connectivity index (χ1) is 8.18. The quantitative estimate of drug-likeness (QED) is 0.895. The van der Waals surface area contributed by atoms with Crippen LogP contribution in [0.3, 0.4) is 0 Å². The van der Waals surface area contributed by atoms with E-state index >= 15 is 0 Å². The van der Waals surface area contributed by atoms with Gasteiger partial charge in [-0.3, -0.25) is 0 Å². The van der Waals surface area contributed by atoms with Crippen molar-refractivity contribution in [2.75, 3.05) is 11.9 Å². The van der Waals surface area contributed by atoms with Crippen molar-refractivity contribution in [3.8, 4) is 0 Å². The summed E-state index contributed by atoms with van der Waals surface area (Å²) in [7, 11) is 0. The number of rotatable bonds is 4. The van der Waals surface area contributed by atoms with Crippen molar-refractivity contribution in [3.63, 3.8) is 0 Å². The maximum Gasteiger partial charge on any atom is 0.228 e. The van der Waals surface area contributed by atoms with Gasteiger partial charge < -0.3 is 9.84 Å². The van der Waals surface area contributed by atoms with Crippen LogP contribution >= 0.6 is 11.6 Å². The number of hydrogen-bond donors (Lipinski definition) is 1. The fourth-order valence-corrected chi connectivity index (χ4v) is 1.52. The van der Waals surface area contributed by atoms with E-state index in [1.54, 1.807) is 0 Å². The van der Waals surface area contributed by atoms with E-state index in [9.17, 15) is 0 Å². The van der Waals surface area contributed by atoms with Crippen LogP contribution in [0.15, 0.2) is 10.9 Å². The van der Waals surface area contributed by atoms with Crippen molar-refractivity contribution in [1.82, 2.24) is 20.3 Å². The zero-order chi connectivity index (χ0) is 12.3. The summed E-state index contributed by atoms with van der Waals surface area (Å²) in [6.07, 6.45) is 2.02. The molecule has 0 atom stereocenters. The lowest BCUT2D eigenvalue weighted by atomic mass is 10.2. The number of anilines is 1. The molecular formula is C10H12ClN5O. The van der Waals surface area contributed by atoms with Gasteiger partial charge in [0.25, 0.3) is 0 Å². The van der Waals surface area contributed by atoms with Gasteiger partial charge in [-0.2, -0.15) is 4.98 Å². The summed E-state index contributed by atoms with van der Waals surface area (Å²) in [4.78, 5) is 3.93. The minimum atomic E-state index is 0.435. The highest BCUT2D eigenvalue weighted by molar-refractivity contribution is 6.30. The molecule has 6 nitrogen and oxygen atoms in total. The van der Waals surface area contributed by atoms with E-state index in [1.807, 2.05) is 13.8 Å². The van der Waals surface area contributed by atoms with Gasteiger partial charge >= 0.3 is 0 Å². The molecule has 17 heavy (non-hydrogen) atoms. The third kappa shape index (κ3) is 2.71. The van der Waals surface area contributed by atoms with E-state index in [4.69, 9.17) is 16.1 Å². The highest BCUT2D eigenvalue weighted by Gasteiger charge is 2.07. The van der Waals surface area contributed by atoms with Crippen molar-refractivity contribution in [1.29, 1.82) is 0 Å². The Kier molecular flexibility index (Phi) is 3.53. The molecule has 2 heterocycles. The topological polar surface area (TPSA) is 76.7 Å². The standard InChI is InChI=1S/C10H12ClN5O/c1-6-7(2)10(16-15-9(6)11)12-4-3-8-13-5-14-17-8/h5H,3-4H2,1-2H3,(H,12,16). The number of nitrogens with one attached hydrogen (secondary N) is 1. The molecule has 0 spiro atoms. The van der Waals surface area contributed by atoms with Crippen LogP contribution in [0.2, 0.25) is 5.15 Å². The van der Waals surface area contributed by atoms with Crippen LogP contribution in [0.5, 0.6) is 0 Å². The molecule has 0 fully saturated rings. The summed E-state index contributed by atoms with van der Waals surface area (Å²) in [5, 5.41) is 15.0. The number of hydrogen-bond acceptors (Lipinski definition) is 6. The summed E-state index contributed by atoms with van der Waals surface area (Å²) >= 11 is 5.87. The second kappa shape index (κ2) is 5.09. The molecule has 0 saturated heterocycles. The fraction of sp³-hybridized carbons (Fsp3) is 0.400. The van der Waals surface area contributed by atoms with E-state index in [0.29, 0.717) is 24.0 Å². The molecule has 1 N–H and O–H groups in total. The van der Waals surface area contributed by atoms with Crippen LogP contribution in [0.4, 0.5) is 5.82 Å². The SMILES string of the molecule is Cc1c(Cl)nnc(NCCc2ncno2)c1C. The van der Waals surface area contributed by atoms with E-state index in [-0.39, 0.29) is 0 Å². The van der Waals surface area contributed by atoms with Crippen molar-refractivity contribution in [2.45, 2.75) is 20.3 Å². The maximum absolute atomic E-state index is 5.87. The monoisotopic (exact) mass is 253 g/mol. The van der Waals surface area contributed by atoms with Gasteiger partial charge in [-0.1, -0.05) is 16.8 Å². The molecule has 0 saturated carbocycles. The average molecular weight is 254 g/mol. The molecule has 0 aliphatic carbocycles. The van der Waals surface area contributed by atoms with E-state index in [0.717, 1.165) is 16.9 Å². The first-order valence-corrected chi connectivity index (χ1v) is 5.55. The molecule has 0 aromatic carbocycles. The van der Waals surface area contributed by atoms with E-state index in [2.05, 4.69) is 25.7 Å². The first-order valence-electron chi connectivity index (χ1n) is 5.17. The third-order valence-electron chi connectivity index (χ3n) is 2.50. The number of halogens is 1. The van der Waals surface area contributed by atoms with Gasteiger partial charge in [-0.15, -0.1) is 10.2 Å². The van der Waals surface area contributed by atoms with Gasteiger partial charge in [0.15, 0.2) is 17.3 Å². The van der Waals surface area contributed by atoms with Gasteiger partial charge in [-0.05, 0) is 25.0 Å². The normalized spacial score (nSPS) is 10.5. The van der Waals surface area contributed by atoms with Crippen LogP contribution in [0.25, 0.3) is 0 Å². The lowest BCUT2D eigenvalue weighted by Crippen LogP contribution is -2.09. The van der Waals surface area contributed by atoms with Crippen LogP contribution < -0.4 is 5.32 Å². The smallest absolute Gasteiger partial charge is 0.228 e. The molecular weight excluding hydrogens is 242 g/mol. The molecule has 90 valence electrons. The largest absolute Gasteiger partial charge is 0.368 e. The van der Waals surface area contributed by atoms with Gasteiger partial charge in [0.2, 0.25) is 5.89 Å². The Morgan fingerprint density at radius 3 is 2.82 bits per heavy atom. The zero-order valence-corrected chi connectivity index (χ0v) is 10.3. The average Bonchev–Trinajstić information content (AvgIpc) is 2.82. The molecule has 0 radical (unpaired) electrons. The van der Waals surface area contributed by atoms with Gasteiger partial charge in [-0.25, -0.2) is 0 Å². The van der Waals surface area contributed by atoms with Crippen LogP contribution in [0, 0.1) is 13.8 Å². The Labute approximate surface area is 103 Å². The molecule has 2 aromatic rings.